The van der Waals surface area contributed by atoms with Gasteiger partial charge >= 0.3 is 0 Å². The molecule has 0 N–H and O–H groups in total. The standard InChI is InChI=1S/C20H15Br4OP/c21-19(22)17-12-11-16(13-18(17)20(23)24)26(25,14-7-3-1-4-8-14)15-9-5-2-6-10-15/h1-13,19-20H. The van der Waals surface area contributed by atoms with E-state index in [1.807, 2.05) is 78.9 Å². The number of hydrogen-bond acceptors (Lipinski definition) is 1. The van der Waals surface area contributed by atoms with Crippen LogP contribution < -0.4 is 15.9 Å². The van der Waals surface area contributed by atoms with Crippen LogP contribution in [0.1, 0.15) is 18.6 Å². The molecule has 134 valence electrons. The average Bonchev–Trinajstić information content (AvgIpc) is 2.68. The Kier molecular flexibility index (Phi) is 7.01. The van der Waals surface area contributed by atoms with Gasteiger partial charge in [0.25, 0.3) is 0 Å². The van der Waals surface area contributed by atoms with Gasteiger partial charge in [-0.1, -0.05) is 137 Å². The zero-order chi connectivity index (χ0) is 18.7. The SMILES string of the molecule is O=P(c1ccccc1)(c1ccccc1)c1ccc(C(Br)Br)c(C(Br)Br)c1. The van der Waals surface area contributed by atoms with Crippen molar-refractivity contribution >= 4 is 86.8 Å². The largest absolute Gasteiger partial charge is 0.309 e. The van der Waals surface area contributed by atoms with Gasteiger partial charge in [-0.25, -0.2) is 0 Å². The molecule has 0 spiro atoms. The molecule has 0 aliphatic rings. The number of halogens is 4. The van der Waals surface area contributed by atoms with Gasteiger partial charge in [-0.15, -0.1) is 0 Å². The van der Waals surface area contributed by atoms with Crippen molar-refractivity contribution in [3.8, 4) is 0 Å². The van der Waals surface area contributed by atoms with Crippen LogP contribution in [0.15, 0.2) is 78.9 Å². The Morgan fingerprint density at radius 3 is 1.46 bits per heavy atom. The molecule has 6 heteroatoms. The summed E-state index contributed by atoms with van der Waals surface area (Å²) in [7, 11) is -2.97. The molecule has 0 atom stereocenters. The van der Waals surface area contributed by atoms with Gasteiger partial charge in [0.15, 0.2) is 7.14 Å². The minimum absolute atomic E-state index is 0.0180. The number of alkyl halides is 4. The summed E-state index contributed by atoms with van der Waals surface area (Å²) in [5, 5.41) is 2.48. The fraction of sp³-hybridized carbons (Fsp3) is 0.100. The molecule has 3 aromatic rings. The molecule has 26 heavy (non-hydrogen) atoms. The predicted octanol–water partition coefficient (Wildman–Crippen LogP) is 6.90. The highest BCUT2D eigenvalue weighted by Crippen LogP contribution is 2.45. The number of rotatable bonds is 5. The third-order valence-electron chi connectivity index (χ3n) is 4.14. The van der Waals surface area contributed by atoms with E-state index < -0.39 is 7.14 Å². The van der Waals surface area contributed by atoms with Crippen LogP contribution in [-0.2, 0) is 4.57 Å². The number of hydrogen-bond donors (Lipinski definition) is 0. The van der Waals surface area contributed by atoms with Crippen LogP contribution in [0.5, 0.6) is 0 Å². The highest BCUT2D eigenvalue weighted by molar-refractivity contribution is 9.24. The fourth-order valence-corrected chi connectivity index (χ4v) is 7.18. The van der Waals surface area contributed by atoms with Crippen molar-refractivity contribution < 1.29 is 4.57 Å². The van der Waals surface area contributed by atoms with Gasteiger partial charge in [-0.3, -0.25) is 0 Å². The summed E-state index contributed by atoms with van der Waals surface area (Å²) in [5.74, 6) is 0. The molecule has 0 saturated heterocycles. The van der Waals surface area contributed by atoms with E-state index in [9.17, 15) is 4.57 Å². The summed E-state index contributed by atoms with van der Waals surface area (Å²) < 4.78 is 14.4. The summed E-state index contributed by atoms with van der Waals surface area (Å²) in [5.41, 5.74) is 2.12. The molecular weight excluding hydrogens is 607 g/mol. The van der Waals surface area contributed by atoms with E-state index in [2.05, 4.69) is 63.7 Å². The predicted molar refractivity (Wildman–Crippen MR) is 127 cm³/mol. The second kappa shape index (κ2) is 8.87. The van der Waals surface area contributed by atoms with Crippen molar-refractivity contribution in [2.24, 2.45) is 0 Å². The first-order valence-corrected chi connectivity index (χ1v) is 13.2. The van der Waals surface area contributed by atoms with Crippen LogP contribution in [-0.4, -0.2) is 0 Å². The van der Waals surface area contributed by atoms with Crippen molar-refractivity contribution in [1.29, 1.82) is 0 Å². The van der Waals surface area contributed by atoms with Crippen LogP contribution in [0.3, 0.4) is 0 Å². The van der Waals surface area contributed by atoms with Gasteiger partial charge in [-0.2, -0.15) is 0 Å². The van der Waals surface area contributed by atoms with E-state index in [4.69, 9.17) is 0 Å². The molecule has 0 unspecified atom stereocenters. The van der Waals surface area contributed by atoms with Crippen LogP contribution in [0.25, 0.3) is 0 Å². The average molecular weight is 622 g/mol. The van der Waals surface area contributed by atoms with E-state index in [1.54, 1.807) is 0 Å². The van der Waals surface area contributed by atoms with Crippen molar-refractivity contribution in [2.75, 3.05) is 0 Å². The van der Waals surface area contributed by atoms with Crippen LogP contribution >= 0.6 is 70.9 Å². The Labute approximate surface area is 187 Å². The third-order valence-corrected chi connectivity index (χ3v) is 9.17. The maximum absolute atomic E-state index is 14.4. The Morgan fingerprint density at radius 1 is 0.577 bits per heavy atom. The summed E-state index contributed by atoms with van der Waals surface area (Å²) in [4.78, 5) is 0. The molecule has 0 fully saturated rings. The first kappa shape index (κ1) is 20.5. The zero-order valence-corrected chi connectivity index (χ0v) is 20.8. The first-order valence-electron chi connectivity index (χ1n) is 7.86. The molecule has 0 bridgehead atoms. The normalized spacial score (nSPS) is 11.9. The molecule has 0 aliphatic carbocycles. The lowest BCUT2D eigenvalue weighted by atomic mass is 10.1. The monoisotopic (exact) mass is 618 g/mol. The van der Waals surface area contributed by atoms with Gasteiger partial charge in [0, 0.05) is 15.9 Å². The first-order chi connectivity index (χ1) is 12.4. The minimum Gasteiger partial charge on any atom is -0.309 e. The molecule has 0 saturated carbocycles. The van der Waals surface area contributed by atoms with E-state index in [-0.39, 0.29) is 7.47 Å². The Hall–Kier alpha value is -0.190. The van der Waals surface area contributed by atoms with E-state index in [0.29, 0.717) is 0 Å². The maximum atomic E-state index is 14.4. The molecular formula is C20H15Br4OP. The molecule has 3 rings (SSSR count). The highest BCUT2D eigenvalue weighted by Gasteiger charge is 2.30. The lowest BCUT2D eigenvalue weighted by Gasteiger charge is -2.22. The number of benzene rings is 3. The maximum Gasteiger partial charge on any atom is 0.171 e. The second-order valence-electron chi connectivity index (χ2n) is 5.69. The van der Waals surface area contributed by atoms with Crippen molar-refractivity contribution in [2.45, 2.75) is 7.47 Å². The van der Waals surface area contributed by atoms with Crippen molar-refractivity contribution in [1.82, 2.24) is 0 Å². The summed E-state index contributed by atoms with van der Waals surface area (Å²) in [6.07, 6.45) is 0. The van der Waals surface area contributed by atoms with Gasteiger partial charge < -0.3 is 4.57 Å². The fourth-order valence-electron chi connectivity index (χ4n) is 2.87. The van der Waals surface area contributed by atoms with Crippen LogP contribution in [0.4, 0.5) is 0 Å². The molecule has 0 amide bonds. The summed E-state index contributed by atoms with van der Waals surface area (Å²) >= 11 is 14.3. The van der Waals surface area contributed by atoms with E-state index in [1.165, 1.54) is 0 Å². The molecule has 0 aromatic heterocycles. The summed E-state index contributed by atoms with van der Waals surface area (Å²) in [6, 6.07) is 25.4. The van der Waals surface area contributed by atoms with Crippen molar-refractivity contribution in [3.05, 3.63) is 90.0 Å². The van der Waals surface area contributed by atoms with Gasteiger partial charge in [0.2, 0.25) is 0 Å². The molecule has 0 aliphatic heterocycles. The zero-order valence-electron chi connectivity index (χ0n) is 13.5. The van der Waals surface area contributed by atoms with Gasteiger partial charge in [-0.05, 0) is 17.2 Å². The second-order valence-corrected chi connectivity index (χ2v) is 14.6. The molecule has 1 nitrogen and oxygen atoms in total. The van der Waals surface area contributed by atoms with Gasteiger partial charge in [0.1, 0.15) is 0 Å². The quantitative estimate of drug-likeness (QED) is 0.224. The Balaban J connectivity index is 2.28. The smallest absolute Gasteiger partial charge is 0.171 e. The van der Waals surface area contributed by atoms with Crippen molar-refractivity contribution in [3.63, 3.8) is 0 Å². The molecule has 0 radical (unpaired) electrons. The van der Waals surface area contributed by atoms with Crippen LogP contribution in [0, 0.1) is 0 Å². The Bertz CT molecular complexity index is 884. The molecule has 3 aromatic carbocycles. The van der Waals surface area contributed by atoms with E-state index >= 15 is 0 Å². The lowest BCUT2D eigenvalue weighted by Crippen LogP contribution is -2.25. The summed E-state index contributed by atoms with van der Waals surface area (Å²) in [6.45, 7) is 0. The van der Waals surface area contributed by atoms with E-state index in [0.717, 1.165) is 27.0 Å². The third kappa shape index (κ3) is 4.12. The van der Waals surface area contributed by atoms with Crippen LogP contribution in [0.2, 0.25) is 0 Å². The highest BCUT2D eigenvalue weighted by atomic mass is 79.9. The lowest BCUT2D eigenvalue weighted by molar-refractivity contribution is 0.592. The Morgan fingerprint density at radius 2 is 1.04 bits per heavy atom. The van der Waals surface area contributed by atoms with Gasteiger partial charge in [0.05, 0.1) is 7.47 Å². The minimum atomic E-state index is -2.97. The molecule has 0 heterocycles. The topological polar surface area (TPSA) is 17.1 Å².